The Morgan fingerprint density at radius 3 is 2.60 bits per heavy atom. The highest BCUT2D eigenvalue weighted by molar-refractivity contribution is 8.18. The molecule has 1 amide bonds. The van der Waals surface area contributed by atoms with Gasteiger partial charge in [0.15, 0.2) is 16.7 Å². The zero-order valence-electron chi connectivity index (χ0n) is 14.8. The lowest BCUT2D eigenvalue weighted by atomic mass is 10.1. The Morgan fingerprint density at radius 1 is 1.24 bits per heavy atom. The summed E-state index contributed by atoms with van der Waals surface area (Å²) in [4.78, 5) is 19.3. The molecule has 2 unspecified atom stereocenters. The lowest BCUT2D eigenvalue weighted by Crippen LogP contribution is -2.47. The van der Waals surface area contributed by atoms with Gasteiger partial charge in [0, 0.05) is 18.7 Å². The van der Waals surface area contributed by atoms with Gasteiger partial charge in [-0.2, -0.15) is 4.99 Å². The average molecular weight is 362 g/mol. The van der Waals surface area contributed by atoms with Crippen LogP contribution in [0, 0.1) is 0 Å². The second-order valence-electron chi connectivity index (χ2n) is 6.06. The summed E-state index contributed by atoms with van der Waals surface area (Å²) < 4.78 is 16.5. The van der Waals surface area contributed by atoms with E-state index in [9.17, 15) is 4.79 Å². The SMILES string of the molecule is COc1cccc(C=C2SC(N3CC(C)OC(C)C3)=NC2=O)c1OC. The summed E-state index contributed by atoms with van der Waals surface area (Å²) in [6.45, 7) is 5.53. The number of carbonyl (C=O) groups excluding carboxylic acids is 1. The molecule has 0 bridgehead atoms. The molecule has 3 rings (SSSR count). The van der Waals surface area contributed by atoms with Crippen LogP contribution < -0.4 is 9.47 Å². The fourth-order valence-corrected chi connectivity index (χ4v) is 3.96. The Bertz CT molecular complexity index is 722. The number of amidine groups is 1. The van der Waals surface area contributed by atoms with Crippen molar-refractivity contribution >= 4 is 28.9 Å². The molecule has 0 radical (unpaired) electrons. The summed E-state index contributed by atoms with van der Waals surface area (Å²) in [7, 11) is 3.17. The van der Waals surface area contributed by atoms with Crippen molar-refractivity contribution in [2.75, 3.05) is 27.3 Å². The van der Waals surface area contributed by atoms with Crippen molar-refractivity contribution < 1.29 is 19.0 Å². The number of para-hydroxylation sites is 1. The van der Waals surface area contributed by atoms with Gasteiger partial charge in [0.1, 0.15) is 0 Å². The molecule has 2 aliphatic rings. The maximum atomic E-state index is 12.3. The number of hydrogen-bond acceptors (Lipinski definition) is 6. The molecule has 25 heavy (non-hydrogen) atoms. The predicted octanol–water partition coefficient (Wildman–Crippen LogP) is 2.78. The van der Waals surface area contributed by atoms with Gasteiger partial charge < -0.3 is 19.1 Å². The molecule has 0 saturated carbocycles. The first-order valence-corrected chi connectivity index (χ1v) is 8.97. The largest absolute Gasteiger partial charge is 0.493 e. The Hall–Kier alpha value is -1.99. The number of morpholine rings is 1. The van der Waals surface area contributed by atoms with Crippen LogP contribution in [0.15, 0.2) is 28.1 Å². The molecule has 0 aliphatic carbocycles. The van der Waals surface area contributed by atoms with Crippen LogP contribution in [-0.2, 0) is 9.53 Å². The van der Waals surface area contributed by atoms with E-state index in [1.165, 1.54) is 11.8 Å². The van der Waals surface area contributed by atoms with Gasteiger partial charge in [0.05, 0.1) is 31.3 Å². The van der Waals surface area contributed by atoms with Gasteiger partial charge in [0.2, 0.25) is 0 Å². The molecule has 0 aromatic heterocycles. The van der Waals surface area contributed by atoms with Crippen molar-refractivity contribution in [3.8, 4) is 11.5 Å². The Kier molecular flexibility index (Phi) is 5.34. The van der Waals surface area contributed by atoms with Crippen LogP contribution in [0.3, 0.4) is 0 Å². The lowest BCUT2D eigenvalue weighted by Gasteiger charge is -2.35. The number of nitrogens with zero attached hydrogens (tertiary/aromatic N) is 2. The van der Waals surface area contributed by atoms with E-state index in [0.717, 1.165) is 23.8 Å². The lowest BCUT2D eigenvalue weighted by molar-refractivity contribution is -0.113. The van der Waals surface area contributed by atoms with Gasteiger partial charge in [-0.15, -0.1) is 0 Å². The fourth-order valence-electron chi connectivity index (χ4n) is 3.03. The van der Waals surface area contributed by atoms with E-state index in [1.54, 1.807) is 20.3 Å². The predicted molar refractivity (Wildman–Crippen MR) is 99.1 cm³/mol. The quantitative estimate of drug-likeness (QED) is 0.771. The second kappa shape index (κ2) is 7.49. The van der Waals surface area contributed by atoms with E-state index in [2.05, 4.69) is 9.89 Å². The third-order valence-electron chi connectivity index (χ3n) is 4.02. The van der Waals surface area contributed by atoms with Gasteiger partial charge in [-0.25, -0.2) is 0 Å². The minimum Gasteiger partial charge on any atom is -0.493 e. The monoisotopic (exact) mass is 362 g/mol. The minimum absolute atomic E-state index is 0.119. The van der Waals surface area contributed by atoms with Gasteiger partial charge in [-0.1, -0.05) is 12.1 Å². The topological polar surface area (TPSA) is 60.4 Å². The number of benzene rings is 1. The minimum atomic E-state index is -0.225. The van der Waals surface area contributed by atoms with Gasteiger partial charge in [-0.05, 0) is 37.8 Å². The number of hydrogen-bond donors (Lipinski definition) is 0. The molecule has 0 spiro atoms. The van der Waals surface area contributed by atoms with Crippen LogP contribution in [0.4, 0.5) is 0 Å². The molecule has 1 saturated heterocycles. The number of ether oxygens (including phenoxy) is 3. The zero-order valence-corrected chi connectivity index (χ0v) is 15.6. The van der Waals surface area contributed by atoms with Crippen molar-refractivity contribution in [3.63, 3.8) is 0 Å². The smallest absolute Gasteiger partial charge is 0.286 e. The van der Waals surface area contributed by atoms with Crippen LogP contribution in [0.25, 0.3) is 6.08 Å². The second-order valence-corrected chi connectivity index (χ2v) is 7.06. The van der Waals surface area contributed by atoms with Crippen LogP contribution in [-0.4, -0.2) is 55.5 Å². The Morgan fingerprint density at radius 2 is 1.96 bits per heavy atom. The number of rotatable bonds is 3. The van der Waals surface area contributed by atoms with Crippen molar-refractivity contribution in [1.29, 1.82) is 0 Å². The van der Waals surface area contributed by atoms with Crippen molar-refractivity contribution in [3.05, 3.63) is 28.7 Å². The van der Waals surface area contributed by atoms with Crippen molar-refractivity contribution in [2.24, 2.45) is 4.99 Å². The van der Waals surface area contributed by atoms with Gasteiger partial charge in [-0.3, -0.25) is 4.79 Å². The molecule has 1 aromatic rings. The van der Waals surface area contributed by atoms with E-state index in [1.807, 2.05) is 32.0 Å². The normalized spacial score (nSPS) is 25.3. The Balaban J connectivity index is 1.82. The molecule has 6 nitrogen and oxygen atoms in total. The fraction of sp³-hybridized carbons (Fsp3) is 0.444. The highest BCUT2D eigenvalue weighted by Gasteiger charge is 2.31. The van der Waals surface area contributed by atoms with Crippen LogP contribution in [0.2, 0.25) is 0 Å². The maximum Gasteiger partial charge on any atom is 0.286 e. The molecule has 134 valence electrons. The number of amides is 1. The first-order chi connectivity index (χ1) is 12.0. The number of carbonyl (C=O) groups is 1. The third kappa shape index (κ3) is 3.82. The molecule has 2 heterocycles. The molecule has 1 fully saturated rings. The maximum absolute atomic E-state index is 12.3. The van der Waals surface area contributed by atoms with Crippen LogP contribution in [0.5, 0.6) is 11.5 Å². The van der Waals surface area contributed by atoms with Crippen LogP contribution in [0.1, 0.15) is 19.4 Å². The summed E-state index contributed by atoms with van der Waals surface area (Å²) in [5, 5.41) is 0.736. The highest BCUT2D eigenvalue weighted by Crippen LogP contribution is 2.36. The molecular formula is C18H22N2O4S. The molecule has 2 atom stereocenters. The highest BCUT2D eigenvalue weighted by atomic mass is 32.2. The summed E-state index contributed by atoms with van der Waals surface area (Å²) in [5.74, 6) is 1.01. The van der Waals surface area contributed by atoms with Gasteiger partial charge >= 0.3 is 0 Å². The summed E-state index contributed by atoms with van der Waals surface area (Å²) in [6, 6.07) is 5.58. The molecule has 7 heteroatoms. The average Bonchev–Trinajstić information content (AvgIpc) is 2.94. The standard InChI is InChI=1S/C18H22N2O4S/c1-11-9-20(10-12(2)24-11)18-19-17(21)15(25-18)8-13-6-5-7-14(22-3)16(13)23-4/h5-8,11-12H,9-10H2,1-4H3. The summed E-state index contributed by atoms with van der Waals surface area (Å²) >= 11 is 1.39. The van der Waals surface area contributed by atoms with E-state index in [0.29, 0.717) is 16.4 Å². The van der Waals surface area contributed by atoms with Crippen LogP contribution >= 0.6 is 11.8 Å². The summed E-state index contributed by atoms with van der Waals surface area (Å²) in [5.41, 5.74) is 0.790. The first-order valence-electron chi connectivity index (χ1n) is 8.15. The van der Waals surface area contributed by atoms with E-state index in [4.69, 9.17) is 14.2 Å². The molecule has 0 N–H and O–H groups in total. The van der Waals surface area contributed by atoms with Crippen molar-refractivity contribution in [1.82, 2.24) is 4.90 Å². The first kappa shape index (κ1) is 17.8. The third-order valence-corrected chi connectivity index (χ3v) is 5.06. The van der Waals surface area contributed by atoms with Crippen molar-refractivity contribution in [2.45, 2.75) is 26.1 Å². The van der Waals surface area contributed by atoms with Gasteiger partial charge in [0.25, 0.3) is 5.91 Å². The molecule has 1 aromatic carbocycles. The number of methoxy groups -OCH3 is 2. The van der Waals surface area contributed by atoms with E-state index >= 15 is 0 Å². The zero-order chi connectivity index (χ0) is 18.0. The Labute approximate surface area is 151 Å². The van der Waals surface area contributed by atoms with E-state index < -0.39 is 0 Å². The number of aliphatic imine (C=N–C) groups is 1. The number of thioether (sulfide) groups is 1. The molecule has 2 aliphatic heterocycles. The summed E-state index contributed by atoms with van der Waals surface area (Å²) in [6.07, 6.45) is 2.04. The van der Waals surface area contributed by atoms with E-state index in [-0.39, 0.29) is 18.1 Å². The molecular weight excluding hydrogens is 340 g/mol.